The van der Waals surface area contributed by atoms with E-state index in [1.54, 1.807) is 6.20 Å². The predicted octanol–water partition coefficient (Wildman–Crippen LogP) is 2.11. The van der Waals surface area contributed by atoms with E-state index >= 15 is 0 Å². The van der Waals surface area contributed by atoms with Crippen molar-refractivity contribution in [3.63, 3.8) is 0 Å². The Morgan fingerprint density at radius 2 is 2.29 bits per heavy atom. The van der Waals surface area contributed by atoms with Gasteiger partial charge in [0.15, 0.2) is 0 Å². The molecule has 1 aliphatic rings. The topological polar surface area (TPSA) is 24.9 Å². The van der Waals surface area contributed by atoms with Crippen molar-refractivity contribution in [3.05, 3.63) is 29.8 Å². The number of halogens is 1. The van der Waals surface area contributed by atoms with Gasteiger partial charge in [-0.3, -0.25) is 4.98 Å². The highest BCUT2D eigenvalue weighted by molar-refractivity contribution is 5.09. The van der Waals surface area contributed by atoms with Gasteiger partial charge in [-0.15, -0.1) is 0 Å². The van der Waals surface area contributed by atoms with E-state index in [0.29, 0.717) is 12.0 Å². The molecule has 1 saturated carbocycles. The molecule has 0 radical (unpaired) electrons. The van der Waals surface area contributed by atoms with Crippen LogP contribution in [0.1, 0.15) is 25.3 Å². The van der Waals surface area contributed by atoms with E-state index < -0.39 is 0 Å². The molecule has 3 heteroatoms. The zero-order valence-electron chi connectivity index (χ0n) is 8.39. The minimum atomic E-state index is -0.262. The fourth-order valence-electron chi connectivity index (χ4n) is 1.45. The van der Waals surface area contributed by atoms with Gasteiger partial charge in [-0.05, 0) is 29.9 Å². The second-order valence-corrected chi connectivity index (χ2v) is 4.43. The highest BCUT2D eigenvalue weighted by atomic mass is 19.1. The molecule has 0 unspecified atom stereocenters. The first-order chi connectivity index (χ1) is 6.68. The van der Waals surface area contributed by atoms with Crippen LogP contribution >= 0.6 is 0 Å². The van der Waals surface area contributed by atoms with E-state index in [-0.39, 0.29) is 5.82 Å². The summed E-state index contributed by atoms with van der Waals surface area (Å²) in [6.45, 7) is 3.99. The highest BCUT2D eigenvalue weighted by Gasteiger charge is 2.36. The van der Waals surface area contributed by atoms with E-state index in [0.717, 1.165) is 12.1 Å². The molecule has 0 bridgehead atoms. The van der Waals surface area contributed by atoms with Gasteiger partial charge in [0.1, 0.15) is 5.82 Å². The largest absolute Gasteiger partial charge is 0.312 e. The fraction of sp³-hybridized carbons (Fsp3) is 0.545. The lowest BCUT2D eigenvalue weighted by Gasteiger charge is -2.09. The summed E-state index contributed by atoms with van der Waals surface area (Å²) in [5.41, 5.74) is 1.41. The summed E-state index contributed by atoms with van der Waals surface area (Å²) in [6, 6.07) is 1.52. The molecule has 76 valence electrons. The second-order valence-electron chi connectivity index (χ2n) is 4.43. The number of hydrogen-bond acceptors (Lipinski definition) is 2. The van der Waals surface area contributed by atoms with Crippen LogP contribution in [0.25, 0.3) is 0 Å². The van der Waals surface area contributed by atoms with Crippen LogP contribution in [0, 0.1) is 11.2 Å². The van der Waals surface area contributed by atoms with E-state index in [4.69, 9.17) is 0 Å². The van der Waals surface area contributed by atoms with Gasteiger partial charge in [0.05, 0.1) is 6.20 Å². The Kier molecular flexibility index (Phi) is 2.50. The molecular weight excluding hydrogens is 179 g/mol. The number of aromatic nitrogens is 1. The minimum Gasteiger partial charge on any atom is -0.312 e. The maximum absolute atomic E-state index is 12.8. The van der Waals surface area contributed by atoms with Crippen LogP contribution in [0.2, 0.25) is 0 Å². The van der Waals surface area contributed by atoms with Crippen LogP contribution in [0.5, 0.6) is 0 Å². The summed E-state index contributed by atoms with van der Waals surface area (Å²) in [5, 5.41) is 3.32. The van der Waals surface area contributed by atoms with Crippen molar-refractivity contribution >= 4 is 0 Å². The molecule has 1 N–H and O–H groups in total. The van der Waals surface area contributed by atoms with Crippen molar-refractivity contribution in [3.8, 4) is 0 Å². The highest BCUT2D eigenvalue weighted by Crippen LogP contribution is 2.44. The molecule has 0 spiro atoms. The van der Waals surface area contributed by atoms with Crippen molar-refractivity contribution in [2.24, 2.45) is 5.41 Å². The molecule has 1 aromatic heterocycles. The van der Waals surface area contributed by atoms with Crippen LogP contribution in [0.4, 0.5) is 4.39 Å². The summed E-state index contributed by atoms with van der Waals surface area (Å²) < 4.78 is 12.8. The number of nitrogens with one attached hydrogen (secondary N) is 1. The Morgan fingerprint density at radius 3 is 2.93 bits per heavy atom. The normalized spacial score (nSPS) is 18.1. The average molecular weight is 194 g/mol. The second kappa shape index (κ2) is 3.65. The van der Waals surface area contributed by atoms with E-state index in [2.05, 4.69) is 17.2 Å². The van der Waals surface area contributed by atoms with Crippen LogP contribution in [0.3, 0.4) is 0 Å². The lowest BCUT2D eigenvalue weighted by atomic mass is 10.1. The molecule has 2 rings (SSSR count). The lowest BCUT2D eigenvalue weighted by molar-refractivity contribution is 0.498. The molecular formula is C11H15FN2. The molecule has 1 aromatic rings. The van der Waals surface area contributed by atoms with Crippen molar-refractivity contribution in [2.75, 3.05) is 6.54 Å². The standard InChI is InChI=1S/C11H15FN2/c1-11(2-3-11)8-14-6-9-4-10(12)7-13-5-9/h4-5,7,14H,2-3,6,8H2,1H3. The maximum atomic E-state index is 12.8. The third-order valence-corrected chi connectivity index (χ3v) is 2.75. The Bertz CT molecular complexity index is 321. The Labute approximate surface area is 83.6 Å². The van der Waals surface area contributed by atoms with Gasteiger partial charge < -0.3 is 5.32 Å². The molecule has 1 aliphatic carbocycles. The fourth-order valence-corrected chi connectivity index (χ4v) is 1.45. The number of nitrogens with zero attached hydrogens (tertiary/aromatic N) is 1. The molecule has 2 nitrogen and oxygen atoms in total. The van der Waals surface area contributed by atoms with Crippen LogP contribution in [0.15, 0.2) is 18.5 Å². The quantitative estimate of drug-likeness (QED) is 0.794. The number of hydrogen-bond donors (Lipinski definition) is 1. The first kappa shape index (κ1) is 9.59. The third-order valence-electron chi connectivity index (χ3n) is 2.75. The van der Waals surface area contributed by atoms with E-state index in [1.165, 1.54) is 25.1 Å². The zero-order valence-corrected chi connectivity index (χ0v) is 8.39. The van der Waals surface area contributed by atoms with Gasteiger partial charge in [0.25, 0.3) is 0 Å². The summed E-state index contributed by atoms with van der Waals surface area (Å²) in [4.78, 5) is 3.80. The van der Waals surface area contributed by atoms with Gasteiger partial charge in [0, 0.05) is 19.3 Å². The van der Waals surface area contributed by atoms with Gasteiger partial charge >= 0.3 is 0 Å². The van der Waals surface area contributed by atoms with Crippen molar-refractivity contribution < 1.29 is 4.39 Å². The van der Waals surface area contributed by atoms with Gasteiger partial charge in [-0.2, -0.15) is 0 Å². The monoisotopic (exact) mass is 194 g/mol. The molecule has 0 amide bonds. The number of pyridine rings is 1. The van der Waals surface area contributed by atoms with E-state index in [1.807, 2.05) is 0 Å². The first-order valence-corrected chi connectivity index (χ1v) is 4.98. The summed E-state index contributed by atoms with van der Waals surface area (Å²) in [6.07, 6.45) is 5.54. The summed E-state index contributed by atoms with van der Waals surface area (Å²) in [7, 11) is 0. The van der Waals surface area contributed by atoms with Crippen LogP contribution in [-0.4, -0.2) is 11.5 Å². The maximum Gasteiger partial charge on any atom is 0.141 e. The zero-order chi connectivity index (χ0) is 10.0. The Morgan fingerprint density at radius 1 is 1.50 bits per heavy atom. The molecule has 1 heterocycles. The van der Waals surface area contributed by atoms with Crippen molar-refractivity contribution in [1.82, 2.24) is 10.3 Å². The van der Waals surface area contributed by atoms with Gasteiger partial charge in [-0.25, -0.2) is 4.39 Å². The summed E-state index contributed by atoms with van der Waals surface area (Å²) >= 11 is 0. The van der Waals surface area contributed by atoms with Crippen molar-refractivity contribution in [2.45, 2.75) is 26.3 Å². The SMILES string of the molecule is CC1(CNCc2cncc(F)c2)CC1. The van der Waals surface area contributed by atoms with Crippen LogP contribution in [-0.2, 0) is 6.54 Å². The molecule has 0 aromatic carbocycles. The average Bonchev–Trinajstić information content (AvgIpc) is 2.84. The molecule has 14 heavy (non-hydrogen) atoms. The van der Waals surface area contributed by atoms with E-state index in [9.17, 15) is 4.39 Å². The van der Waals surface area contributed by atoms with Crippen LogP contribution < -0.4 is 5.32 Å². The van der Waals surface area contributed by atoms with Gasteiger partial charge in [-0.1, -0.05) is 6.92 Å². The molecule has 0 saturated heterocycles. The minimum absolute atomic E-state index is 0.262. The van der Waals surface area contributed by atoms with Gasteiger partial charge in [0.2, 0.25) is 0 Å². The molecule has 1 fully saturated rings. The first-order valence-electron chi connectivity index (χ1n) is 4.98. The Hall–Kier alpha value is -0.960. The van der Waals surface area contributed by atoms with Crippen molar-refractivity contribution in [1.29, 1.82) is 0 Å². The third kappa shape index (κ3) is 2.51. The molecule has 0 atom stereocenters. The number of rotatable bonds is 4. The smallest absolute Gasteiger partial charge is 0.141 e. The summed E-state index contributed by atoms with van der Waals surface area (Å²) in [5.74, 6) is -0.262. The Balaban J connectivity index is 1.80. The predicted molar refractivity (Wildman–Crippen MR) is 53.2 cm³/mol. The lowest BCUT2D eigenvalue weighted by Crippen LogP contribution is -2.21. The molecule has 0 aliphatic heterocycles.